The molecule has 0 spiro atoms. The van der Waals surface area contributed by atoms with Gasteiger partial charge in [0.25, 0.3) is 0 Å². The number of benzene rings is 1. The third-order valence-corrected chi connectivity index (χ3v) is 6.65. The number of carboxylic acid groups (broad SMARTS) is 1. The minimum absolute atomic E-state index is 0.0784. The molecule has 1 fully saturated rings. The van der Waals surface area contributed by atoms with E-state index in [1.54, 1.807) is 0 Å². The van der Waals surface area contributed by atoms with Crippen molar-refractivity contribution in [3.05, 3.63) is 28.2 Å². The van der Waals surface area contributed by atoms with Crippen LogP contribution in [0.4, 0.5) is 8.78 Å². The van der Waals surface area contributed by atoms with Crippen molar-refractivity contribution >= 4 is 43.7 Å². The first-order valence-electron chi connectivity index (χ1n) is 5.22. The van der Waals surface area contributed by atoms with E-state index in [0.29, 0.717) is 10.4 Å². The number of carboxylic acids is 1. The van der Waals surface area contributed by atoms with Gasteiger partial charge in [-0.3, -0.25) is 4.79 Å². The van der Waals surface area contributed by atoms with E-state index >= 15 is 0 Å². The molecule has 1 N–H and O–H groups in total. The number of nitrogens with zero attached hydrogens (tertiary/aromatic N) is 1. The largest absolute Gasteiger partial charge is 0.480 e. The van der Waals surface area contributed by atoms with E-state index in [4.69, 9.17) is 5.11 Å². The Morgan fingerprint density at radius 3 is 2.65 bits per heavy atom. The van der Waals surface area contributed by atoms with Crippen molar-refractivity contribution in [2.75, 3.05) is 11.6 Å². The van der Waals surface area contributed by atoms with Gasteiger partial charge in [0.15, 0.2) is 0 Å². The molecular weight excluding hydrogens is 380 g/mol. The molecule has 2 rings (SSSR count). The van der Waals surface area contributed by atoms with Crippen LogP contribution in [0.15, 0.2) is 21.5 Å². The highest BCUT2D eigenvalue weighted by Gasteiger charge is 2.42. The summed E-state index contributed by atoms with van der Waals surface area (Å²) in [6, 6.07) is -0.00710. The highest BCUT2D eigenvalue weighted by Crippen LogP contribution is 2.33. The number of thioether (sulfide) groups is 1. The lowest BCUT2D eigenvalue weighted by atomic mass is 10.3. The number of rotatable bonds is 3. The van der Waals surface area contributed by atoms with Crippen molar-refractivity contribution in [3.63, 3.8) is 0 Å². The van der Waals surface area contributed by atoms with Crippen LogP contribution in [0.3, 0.4) is 0 Å². The summed E-state index contributed by atoms with van der Waals surface area (Å²) in [4.78, 5) is 10.3. The second-order valence-corrected chi connectivity index (χ2v) is 7.63. The fraction of sp³-hybridized carbons (Fsp3) is 0.300. The summed E-state index contributed by atoms with van der Waals surface area (Å²) in [5.41, 5.74) is 0. The lowest BCUT2D eigenvalue weighted by molar-refractivity contribution is -0.140. The lowest BCUT2D eigenvalue weighted by Crippen LogP contribution is -2.42. The molecule has 1 aliphatic rings. The topological polar surface area (TPSA) is 74.7 Å². The molecule has 0 aliphatic carbocycles. The van der Waals surface area contributed by atoms with Crippen molar-refractivity contribution < 1.29 is 27.1 Å². The van der Waals surface area contributed by atoms with Gasteiger partial charge in [-0.2, -0.15) is 4.31 Å². The quantitative estimate of drug-likeness (QED) is 0.856. The van der Waals surface area contributed by atoms with E-state index in [9.17, 15) is 22.0 Å². The van der Waals surface area contributed by atoms with Gasteiger partial charge in [-0.15, -0.1) is 11.8 Å². The Labute approximate surface area is 126 Å². The molecule has 0 amide bonds. The van der Waals surface area contributed by atoms with Crippen molar-refractivity contribution in [2.24, 2.45) is 0 Å². The first-order valence-corrected chi connectivity index (χ1v) is 8.61. The first-order chi connectivity index (χ1) is 9.25. The third kappa shape index (κ3) is 2.69. The van der Waals surface area contributed by atoms with E-state index in [1.807, 2.05) is 0 Å². The maximum atomic E-state index is 13.8. The fourth-order valence-corrected chi connectivity index (χ4v) is 6.00. The molecule has 20 heavy (non-hydrogen) atoms. The van der Waals surface area contributed by atoms with Gasteiger partial charge in [0, 0.05) is 16.3 Å². The third-order valence-electron chi connectivity index (χ3n) is 2.66. The average molecular weight is 388 g/mol. The molecule has 1 aromatic carbocycles. The van der Waals surface area contributed by atoms with E-state index < -0.39 is 38.6 Å². The van der Waals surface area contributed by atoms with Gasteiger partial charge in [0.2, 0.25) is 10.0 Å². The van der Waals surface area contributed by atoms with Crippen molar-refractivity contribution in [2.45, 2.75) is 10.9 Å². The molecule has 1 aromatic rings. The van der Waals surface area contributed by atoms with Crippen molar-refractivity contribution in [1.29, 1.82) is 0 Å². The predicted molar refractivity (Wildman–Crippen MR) is 71.8 cm³/mol. The number of hydrogen-bond donors (Lipinski definition) is 1. The van der Waals surface area contributed by atoms with Crippen LogP contribution in [-0.4, -0.2) is 41.5 Å². The van der Waals surface area contributed by atoms with Crippen LogP contribution >= 0.6 is 27.7 Å². The van der Waals surface area contributed by atoms with Crippen LogP contribution in [0.2, 0.25) is 0 Å². The van der Waals surface area contributed by atoms with Crippen LogP contribution < -0.4 is 0 Å². The summed E-state index contributed by atoms with van der Waals surface area (Å²) >= 11 is 3.91. The zero-order valence-electron chi connectivity index (χ0n) is 9.72. The second kappa shape index (κ2) is 5.58. The molecule has 0 radical (unpaired) electrons. The van der Waals surface area contributed by atoms with Gasteiger partial charge in [-0.05, 0) is 22.0 Å². The summed E-state index contributed by atoms with van der Waals surface area (Å²) in [7, 11) is -4.37. The van der Waals surface area contributed by atoms with Crippen LogP contribution in [0.5, 0.6) is 0 Å². The molecule has 10 heteroatoms. The zero-order valence-corrected chi connectivity index (χ0v) is 12.9. The molecule has 1 aliphatic heterocycles. The minimum Gasteiger partial charge on any atom is -0.480 e. The molecule has 1 saturated heterocycles. The Bertz CT molecular complexity index is 644. The van der Waals surface area contributed by atoms with E-state index in [-0.39, 0.29) is 16.1 Å². The Balaban J connectivity index is 2.54. The van der Waals surface area contributed by atoms with Gasteiger partial charge in [0.1, 0.15) is 22.6 Å². The molecule has 1 atom stereocenters. The summed E-state index contributed by atoms with van der Waals surface area (Å²) < 4.78 is 51.9. The molecule has 0 unspecified atom stereocenters. The average Bonchev–Trinajstić information content (AvgIpc) is 2.75. The smallest absolute Gasteiger partial charge is 0.322 e. The van der Waals surface area contributed by atoms with Gasteiger partial charge in [-0.25, -0.2) is 17.2 Å². The molecule has 110 valence electrons. The van der Waals surface area contributed by atoms with Crippen LogP contribution in [0.1, 0.15) is 0 Å². The number of halogens is 3. The van der Waals surface area contributed by atoms with Crippen LogP contribution in [-0.2, 0) is 14.8 Å². The monoisotopic (exact) mass is 387 g/mol. The number of carbonyl (C=O) groups is 1. The first kappa shape index (κ1) is 15.7. The summed E-state index contributed by atoms with van der Waals surface area (Å²) in [5.74, 6) is -3.52. The predicted octanol–water partition coefficient (Wildman–Crippen LogP) is 1.88. The van der Waals surface area contributed by atoms with Gasteiger partial charge in [-0.1, -0.05) is 0 Å². The zero-order chi connectivity index (χ0) is 15.1. The molecule has 1 heterocycles. The Morgan fingerprint density at radius 1 is 1.45 bits per heavy atom. The minimum atomic E-state index is -4.37. The van der Waals surface area contributed by atoms with Crippen LogP contribution in [0.25, 0.3) is 0 Å². The summed E-state index contributed by atoms with van der Waals surface area (Å²) in [6.07, 6.45) is 0. The maximum Gasteiger partial charge on any atom is 0.322 e. The molecule has 0 bridgehead atoms. The second-order valence-electron chi connectivity index (χ2n) is 3.94. The van der Waals surface area contributed by atoms with E-state index in [1.165, 1.54) is 0 Å². The number of hydrogen-bond acceptors (Lipinski definition) is 4. The molecular formula is C10H8BrF2NO4S2. The maximum absolute atomic E-state index is 13.8. The molecule has 5 nitrogen and oxygen atoms in total. The highest BCUT2D eigenvalue weighted by atomic mass is 79.9. The molecule has 0 aromatic heterocycles. The normalized spacial score (nSPS) is 20.2. The fourth-order valence-electron chi connectivity index (χ4n) is 1.75. The van der Waals surface area contributed by atoms with Gasteiger partial charge < -0.3 is 5.11 Å². The van der Waals surface area contributed by atoms with E-state index in [0.717, 1.165) is 17.8 Å². The Kier molecular flexibility index (Phi) is 4.38. The SMILES string of the molecule is O=C(O)[C@@H]1CSCN1S(=O)(=O)c1c(F)cc(F)cc1Br. The van der Waals surface area contributed by atoms with Crippen LogP contribution in [0, 0.1) is 11.6 Å². The molecule has 0 saturated carbocycles. The number of sulfonamides is 1. The van der Waals surface area contributed by atoms with Crippen molar-refractivity contribution in [3.8, 4) is 0 Å². The Morgan fingerprint density at radius 2 is 2.10 bits per heavy atom. The van der Waals surface area contributed by atoms with Crippen molar-refractivity contribution in [1.82, 2.24) is 4.31 Å². The standard InChI is InChI=1S/C10H8BrF2NO4S2/c11-6-1-5(12)2-7(13)9(6)20(17,18)14-4-19-3-8(14)10(15)16/h1-2,8H,3-4H2,(H,15,16)/t8-/m0/s1. The number of aliphatic carboxylic acids is 1. The Hall–Kier alpha value is -0.710. The van der Waals surface area contributed by atoms with Gasteiger partial charge >= 0.3 is 5.97 Å². The van der Waals surface area contributed by atoms with E-state index in [2.05, 4.69) is 15.9 Å². The lowest BCUT2D eigenvalue weighted by Gasteiger charge is -2.21. The van der Waals surface area contributed by atoms with Gasteiger partial charge in [0.05, 0.1) is 5.88 Å². The highest BCUT2D eigenvalue weighted by molar-refractivity contribution is 9.10. The summed E-state index contributed by atoms with van der Waals surface area (Å²) in [5, 5.41) is 8.99. The summed E-state index contributed by atoms with van der Waals surface area (Å²) in [6.45, 7) is 0.